The van der Waals surface area contributed by atoms with E-state index in [0.717, 1.165) is 0 Å². The number of hydrogen-bond acceptors (Lipinski definition) is 7. The second-order valence-corrected chi connectivity index (χ2v) is 3.66. The second-order valence-electron chi connectivity index (χ2n) is 3.66. The van der Waals surface area contributed by atoms with Crippen LogP contribution in [0.25, 0.3) is 0 Å². The van der Waals surface area contributed by atoms with E-state index in [4.69, 9.17) is 5.84 Å². The molecular formula is C10H11N7O2. The maximum Gasteiger partial charge on any atom is 0.270 e. The molecule has 19 heavy (non-hydrogen) atoms. The molecule has 2 rings (SSSR count). The van der Waals surface area contributed by atoms with Gasteiger partial charge >= 0.3 is 0 Å². The summed E-state index contributed by atoms with van der Waals surface area (Å²) in [7, 11) is 0. The van der Waals surface area contributed by atoms with E-state index in [-0.39, 0.29) is 11.6 Å². The first-order valence-corrected chi connectivity index (χ1v) is 5.28. The highest BCUT2D eigenvalue weighted by Gasteiger charge is 2.05. The molecule has 0 aliphatic carbocycles. The molecular weight excluding hydrogens is 250 g/mol. The Labute approximate surface area is 107 Å². The molecule has 1 heterocycles. The van der Waals surface area contributed by atoms with Gasteiger partial charge in [0.05, 0.1) is 11.1 Å². The van der Waals surface area contributed by atoms with Crippen LogP contribution >= 0.6 is 0 Å². The molecule has 0 spiro atoms. The number of benzene rings is 1. The number of non-ortho nitro benzene ring substituents is 1. The Morgan fingerprint density at radius 2 is 2.32 bits per heavy atom. The molecule has 3 N–H and O–H groups in total. The number of anilines is 1. The lowest BCUT2D eigenvalue weighted by Crippen LogP contribution is -2.13. The van der Waals surface area contributed by atoms with Gasteiger partial charge in [0.2, 0.25) is 0 Å². The molecule has 0 unspecified atom stereocenters. The summed E-state index contributed by atoms with van der Waals surface area (Å²) >= 11 is 0. The lowest BCUT2D eigenvalue weighted by atomic mass is 10.2. The van der Waals surface area contributed by atoms with Crippen LogP contribution in [0.3, 0.4) is 0 Å². The molecule has 0 saturated carbocycles. The van der Waals surface area contributed by atoms with E-state index in [2.05, 4.69) is 20.7 Å². The fourth-order valence-corrected chi connectivity index (χ4v) is 1.33. The highest BCUT2D eigenvalue weighted by molar-refractivity contribution is 5.81. The summed E-state index contributed by atoms with van der Waals surface area (Å²) in [6.45, 7) is 1.70. The van der Waals surface area contributed by atoms with Gasteiger partial charge in [0, 0.05) is 17.7 Å². The van der Waals surface area contributed by atoms with E-state index >= 15 is 0 Å². The van der Waals surface area contributed by atoms with Crippen LogP contribution in [0.2, 0.25) is 0 Å². The Hall–Kier alpha value is -2.97. The van der Waals surface area contributed by atoms with Gasteiger partial charge in [-0.1, -0.05) is 12.1 Å². The number of aryl methyl sites for hydroxylation is 1. The number of hydrazone groups is 1. The Morgan fingerprint density at radius 3 is 2.95 bits per heavy atom. The summed E-state index contributed by atoms with van der Waals surface area (Å²) in [4.78, 5) is 10.1. The van der Waals surface area contributed by atoms with Gasteiger partial charge in [-0.15, -0.1) is 10.2 Å². The summed E-state index contributed by atoms with van der Waals surface area (Å²) in [5.41, 5.74) is 3.18. The number of aromatic nitrogens is 3. The van der Waals surface area contributed by atoms with Gasteiger partial charge in [0.15, 0.2) is 5.82 Å². The largest absolute Gasteiger partial charge is 0.335 e. The maximum atomic E-state index is 10.6. The number of nitrogen functional groups attached to an aromatic ring is 1. The summed E-state index contributed by atoms with van der Waals surface area (Å²) in [5, 5.41) is 22.0. The van der Waals surface area contributed by atoms with Crippen molar-refractivity contribution in [1.29, 1.82) is 0 Å². The molecule has 0 saturated heterocycles. The minimum atomic E-state index is -0.468. The predicted molar refractivity (Wildman–Crippen MR) is 69.2 cm³/mol. The van der Waals surface area contributed by atoms with E-state index in [1.165, 1.54) is 23.0 Å². The highest BCUT2D eigenvalue weighted by Crippen LogP contribution is 2.11. The Bertz CT molecular complexity index is 635. The number of nitrogens with one attached hydrogen (secondary N) is 1. The smallest absolute Gasteiger partial charge is 0.270 e. The standard InChI is InChI=1S/C10H11N7O2/c1-7-13-15-10(16(7)11)14-12-6-8-3-2-4-9(5-8)17(18)19/h2-6H,11H2,1H3,(H,14,15). The molecule has 2 aromatic rings. The second kappa shape index (κ2) is 5.12. The quantitative estimate of drug-likeness (QED) is 0.360. The van der Waals surface area contributed by atoms with Crippen molar-refractivity contribution in [2.45, 2.75) is 6.92 Å². The van der Waals surface area contributed by atoms with Crippen LogP contribution in [0.1, 0.15) is 11.4 Å². The molecule has 0 radical (unpaired) electrons. The van der Waals surface area contributed by atoms with E-state index in [1.54, 1.807) is 19.1 Å². The third kappa shape index (κ3) is 2.83. The number of rotatable bonds is 4. The zero-order chi connectivity index (χ0) is 13.8. The van der Waals surface area contributed by atoms with Gasteiger partial charge in [-0.05, 0) is 6.92 Å². The number of nitrogens with zero attached hydrogens (tertiary/aromatic N) is 5. The fraction of sp³-hybridized carbons (Fsp3) is 0.100. The first-order valence-electron chi connectivity index (χ1n) is 5.28. The van der Waals surface area contributed by atoms with Gasteiger partial charge in [-0.2, -0.15) is 5.10 Å². The predicted octanol–water partition coefficient (Wildman–Crippen LogP) is 0.655. The average molecular weight is 261 g/mol. The van der Waals surface area contributed by atoms with Crippen molar-refractivity contribution in [2.24, 2.45) is 5.10 Å². The van der Waals surface area contributed by atoms with Gasteiger partial charge in [-0.3, -0.25) is 10.1 Å². The molecule has 1 aromatic heterocycles. The molecule has 0 fully saturated rings. The van der Waals surface area contributed by atoms with Crippen molar-refractivity contribution in [3.8, 4) is 0 Å². The zero-order valence-corrected chi connectivity index (χ0v) is 10.0. The molecule has 9 nitrogen and oxygen atoms in total. The lowest BCUT2D eigenvalue weighted by molar-refractivity contribution is -0.384. The topological polar surface area (TPSA) is 124 Å². The third-order valence-electron chi connectivity index (χ3n) is 2.33. The Kier molecular flexibility index (Phi) is 3.37. The normalized spacial score (nSPS) is 10.8. The van der Waals surface area contributed by atoms with Crippen LogP contribution < -0.4 is 11.3 Å². The van der Waals surface area contributed by atoms with Crippen LogP contribution in [-0.2, 0) is 0 Å². The van der Waals surface area contributed by atoms with Gasteiger partial charge in [0.1, 0.15) is 0 Å². The van der Waals surface area contributed by atoms with Crippen LogP contribution in [-0.4, -0.2) is 26.0 Å². The van der Waals surface area contributed by atoms with Crippen molar-refractivity contribution in [1.82, 2.24) is 14.9 Å². The van der Waals surface area contributed by atoms with E-state index in [0.29, 0.717) is 11.4 Å². The Balaban J connectivity index is 2.09. The molecule has 0 atom stereocenters. The Morgan fingerprint density at radius 1 is 1.53 bits per heavy atom. The molecule has 98 valence electrons. The molecule has 9 heteroatoms. The van der Waals surface area contributed by atoms with Crippen LogP contribution in [0.5, 0.6) is 0 Å². The van der Waals surface area contributed by atoms with Crippen molar-refractivity contribution in [3.63, 3.8) is 0 Å². The number of hydrogen-bond donors (Lipinski definition) is 2. The molecule has 0 aliphatic rings. The van der Waals surface area contributed by atoms with Crippen LogP contribution in [0, 0.1) is 17.0 Å². The number of nitro groups is 1. The summed E-state index contributed by atoms with van der Waals surface area (Å²) in [6.07, 6.45) is 1.43. The van der Waals surface area contributed by atoms with E-state index in [1.807, 2.05) is 0 Å². The molecule has 0 aliphatic heterocycles. The summed E-state index contributed by atoms with van der Waals surface area (Å²) in [5.74, 6) is 6.42. The summed E-state index contributed by atoms with van der Waals surface area (Å²) in [6, 6.07) is 6.08. The first kappa shape index (κ1) is 12.5. The minimum Gasteiger partial charge on any atom is -0.335 e. The van der Waals surface area contributed by atoms with E-state index < -0.39 is 4.92 Å². The lowest BCUT2D eigenvalue weighted by Gasteiger charge is -1.99. The minimum absolute atomic E-state index is 0.00165. The van der Waals surface area contributed by atoms with Gasteiger partial charge in [-0.25, -0.2) is 10.1 Å². The molecule has 1 aromatic carbocycles. The first-order chi connectivity index (χ1) is 9.08. The molecule has 0 amide bonds. The SMILES string of the molecule is Cc1nnc(NN=Cc2cccc([N+](=O)[O-])c2)n1N. The maximum absolute atomic E-state index is 10.6. The number of nitro benzene ring substituents is 1. The van der Waals surface area contributed by atoms with Crippen molar-refractivity contribution in [2.75, 3.05) is 11.3 Å². The fourth-order valence-electron chi connectivity index (χ4n) is 1.33. The summed E-state index contributed by atoms with van der Waals surface area (Å²) < 4.78 is 1.24. The van der Waals surface area contributed by atoms with Crippen LogP contribution in [0.4, 0.5) is 11.6 Å². The monoisotopic (exact) mass is 261 g/mol. The van der Waals surface area contributed by atoms with Crippen molar-refractivity contribution < 1.29 is 4.92 Å². The van der Waals surface area contributed by atoms with Crippen molar-refractivity contribution in [3.05, 3.63) is 45.8 Å². The van der Waals surface area contributed by atoms with Gasteiger partial charge in [0.25, 0.3) is 11.6 Å². The number of nitrogens with two attached hydrogens (primary N) is 1. The van der Waals surface area contributed by atoms with Crippen LogP contribution in [0.15, 0.2) is 29.4 Å². The third-order valence-corrected chi connectivity index (χ3v) is 2.33. The highest BCUT2D eigenvalue weighted by atomic mass is 16.6. The van der Waals surface area contributed by atoms with Gasteiger partial charge < -0.3 is 5.84 Å². The van der Waals surface area contributed by atoms with Crippen molar-refractivity contribution >= 4 is 17.9 Å². The molecule has 0 bridgehead atoms. The zero-order valence-electron chi connectivity index (χ0n) is 10.0. The average Bonchev–Trinajstić information content (AvgIpc) is 2.71. The van der Waals surface area contributed by atoms with E-state index in [9.17, 15) is 10.1 Å².